The van der Waals surface area contributed by atoms with E-state index in [1.165, 1.54) is 33.5 Å². The van der Waals surface area contributed by atoms with Gasteiger partial charge in [-0.2, -0.15) is 0 Å². The van der Waals surface area contributed by atoms with Crippen molar-refractivity contribution in [3.63, 3.8) is 0 Å². The molecule has 4 aromatic rings. The molecule has 138 valence electrons. The SMILES string of the molecule is Cc1ccc(-c2nc3sccn3c2CNCCc2ccc(C)c(C)c2)cc1. The van der Waals surface area contributed by atoms with Crippen molar-refractivity contribution < 1.29 is 0 Å². The van der Waals surface area contributed by atoms with E-state index in [1.807, 2.05) is 0 Å². The number of benzene rings is 2. The monoisotopic (exact) mass is 375 g/mol. The Labute approximate surface area is 164 Å². The van der Waals surface area contributed by atoms with E-state index < -0.39 is 0 Å². The van der Waals surface area contributed by atoms with Crippen LogP contribution in [-0.4, -0.2) is 15.9 Å². The highest BCUT2D eigenvalue weighted by Gasteiger charge is 2.14. The fourth-order valence-corrected chi connectivity index (χ4v) is 4.08. The van der Waals surface area contributed by atoms with Gasteiger partial charge in [0.25, 0.3) is 0 Å². The molecule has 0 radical (unpaired) electrons. The van der Waals surface area contributed by atoms with Crippen molar-refractivity contribution in [1.82, 2.24) is 14.7 Å². The minimum atomic E-state index is 0.811. The van der Waals surface area contributed by atoms with Crippen LogP contribution in [-0.2, 0) is 13.0 Å². The molecular weight excluding hydrogens is 350 g/mol. The number of hydrogen-bond acceptors (Lipinski definition) is 3. The maximum Gasteiger partial charge on any atom is 0.194 e. The maximum absolute atomic E-state index is 4.87. The molecule has 2 heterocycles. The zero-order valence-corrected chi connectivity index (χ0v) is 16.9. The Hall–Kier alpha value is -2.43. The lowest BCUT2D eigenvalue weighted by molar-refractivity contribution is 0.672. The molecule has 0 bridgehead atoms. The van der Waals surface area contributed by atoms with Gasteiger partial charge in [0.2, 0.25) is 0 Å². The van der Waals surface area contributed by atoms with Crippen LogP contribution in [0.5, 0.6) is 0 Å². The van der Waals surface area contributed by atoms with Crippen molar-refractivity contribution in [3.8, 4) is 11.3 Å². The summed E-state index contributed by atoms with van der Waals surface area (Å²) in [5.41, 5.74) is 8.88. The van der Waals surface area contributed by atoms with Gasteiger partial charge in [-0.1, -0.05) is 48.0 Å². The topological polar surface area (TPSA) is 29.3 Å². The van der Waals surface area contributed by atoms with Gasteiger partial charge in [0.15, 0.2) is 4.96 Å². The Bertz CT molecular complexity index is 1060. The highest BCUT2D eigenvalue weighted by Crippen LogP contribution is 2.27. The summed E-state index contributed by atoms with van der Waals surface area (Å²) in [6, 6.07) is 15.4. The van der Waals surface area contributed by atoms with Crippen molar-refractivity contribution in [1.29, 1.82) is 0 Å². The summed E-state index contributed by atoms with van der Waals surface area (Å²) >= 11 is 1.68. The molecule has 0 saturated heterocycles. The number of rotatable bonds is 6. The molecule has 2 aromatic carbocycles. The molecule has 0 spiro atoms. The largest absolute Gasteiger partial charge is 0.311 e. The van der Waals surface area contributed by atoms with Crippen LogP contribution >= 0.6 is 11.3 Å². The van der Waals surface area contributed by atoms with E-state index in [0.29, 0.717) is 0 Å². The zero-order valence-electron chi connectivity index (χ0n) is 16.1. The summed E-state index contributed by atoms with van der Waals surface area (Å²) in [5.74, 6) is 0. The van der Waals surface area contributed by atoms with Gasteiger partial charge < -0.3 is 5.32 Å². The van der Waals surface area contributed by atoms with Gasteiger partial charge >= 0.3 is 0 Å². The van der Waals surface area contributed by atoms with Gasteiger partial charge in [0.1, 0.15) is 0 Å². The molecule has 0 amide bonds. The summed E-state index contributed by atoms with van der Waals surface area (Å²) in [6.07, 6.45) is 3.15. The van der Waals surface area contributed by atoms with Crippen molar-refractivity contribution in [2.45, 2.75) is 33.7 Å². The van der Waals surface area contributed by atoms with Crippen LogP contribution in [0.4, 0.5) is 0 Å². The van der Waals surface area contributed by atoms with Crippen LogP contribution in [0, 0.1) is 20.8 Å². The van der Waals surface area contributed by atoms with Gasteiger partial charge in [-0.3, -0.25) is 4.40 Å². The Morgan fingerprint density at radius 1 is 1.00 bits per heavy atom. The van der Waals surface area contributed by atoms with Crippen LogP contribution < -0.4 is 5.32 Å². The van der Waals surface area contributed by atoms with Crippen LogP contribution in [0.2, 0.25) is 0 Å². The Morgan fingerprint density at radius 3 is 2.59 bits per heavy atom. The number of fused-ring (bicyclic) bond motifs is 1. The van der Waals surface area contributed by atoms with Crippen molar-refractivity contribution >= 4 is 16.3 Å². The first-order chi connectivity index (χ1) is 13.1. The second-order valence-corrected chi connectivity index (χ2v) is 8.05. The smallest absolute Gasteiger partial charge is 0.194 e. The summed E-state index contributed by atoms with van der Waals surface area (Å²) < 4.78 is 2.21. The first-order valence-electron chi connectivity index (χ1n) is 9.40. The number of hydrogen-bond donors (Lipinski definition) is 1. The fourth-order valence-electron chi connectivity index (χ4n) is 3.34. The predicted molar refractivity (Wildman–Crippen MR) is 115 cm³/mol. The van der Waals surface area contributed by atoms with E-state index in [4.69, 9.17) is 4.98 Å². The predicted octanol–water partition coefficient (Wildman–Crippen LogP) is 5.32. The fraction of sp³-hybridized carbons (Fsp3) is 0.261. The lowest BCUT2D eigenvalue weighted by atomic mass is 10.0. The van der Waals surface area contributed by atoms with Crippen LogP contribution in [0.15, 0.2) is 54.0 Å². The van der Waals surface area contributed by atoms with E-state index in [9.17, 15) is 0 Å². The zero-order chi connectivity index (χ0) is 18.8. The van der Waals surface area contributed by atoms with Gasteiger partial charge in [-0.05, 0) is 50.4 Å². The lowest BCUT2D eigenvalue weighted by Gasteiger charge is -2.09. The second kappa shape index (κ2) is 7.67. The number of thiazole rings is 1. The summed E-state index contributed by atoms with van der Waals surface area (Å²) in [5, 5.41) is 5.71. The van der Waals surface area contributed by atoms with Crippen molar-refractivity contribution in [3.05, 3.63) is 82.0 Å². The van der Waals surface area contributed by atoms with Crippen LogP contribution in [0.1, 0.15) is 27.9 Å². The van der Waals surface area contributed by atoms with E-state index >= 15 is 0 Å². The number of nitrogens with one attached hydrogen (secondary N) is 1. The minimum absolute atomic E-state index is 0.811. The molecule has 2 aromatic heterocycles. The van der Waals surface area contributed by atoms with Crippen LogP contribution in [0.3, 0.4) is 0 Å². The molecule has 3 nitrogen and oxygen atoms in total. The third-order valence-electron chi connectivity index (χ3n) is 5.14. The second-order valence-electron chi connectivity index (χ2n) is 7.17. The number of imidazole rings is 1. The highest BCUT2D eigenvalue weighted by atomic mass is 32.1. The molecule has 0 aliphatic carbocycles. The first-order valence-corrected chi connectivity index (χ1v) is 10.3. The molecule has 0 atom stereocenters. The molecule has 0 saturated carbocycles. The molecule has 0 fully saturated rings. The first kappa shape index (κ1) is 18.0. The summed E-state index contributed by atoms with van der Waals surface area (Å²) in [7, 11) is 0. The van der Waals surface area contributed by atoms with Gasteiger partial charge in [0, 0.05) is 23.7 Å². The van der Waals surface area contributed by atoms with Gasteiger partial charge in [0.05, 0.1) is 11.4 Å². The molecular formula is C23H25N3S. The van der Waals surface area contributed by atoms with Crippen molar-refractivity contribution in [2.24, 2.45) is 0 Å². The molecule has 0 aliphatic heterocycles. The number of nitrogens with zero attached hydrogens (tertiary/aromatic N) is 2. The van der Waals surface area contributed by atoms with Crippen molar-refractivity contribution in [2.75, 3.05) is 6.54 Å². The number of aromatic nitrogens is 2. The van der Waals surface area contributed by atoms with E-state index in [-0.39, 0.29) is 0 Å². The minimum Gasteiger partial charge on any atom is -0.311 e. The maximum atomic E-state index is 4.87. The molecule has 4 rings (SSSR count). The third kappa shape index (κ3) is 3.82. The quantitative estimate of drug-likeness (QED) is 0.462. The van der Waals surface area contributed by atoms with Crippen LogP contribution in [0.25, 0.3) is 16.2 Å². The molecule has 1 N–H and O–H groups in total. The average Bonchev–Trinajstić information content (AvgIpc) is 3.24. The van der Waals surface area contributed by atoms with E-state index in [2.05, 4.69) is 84.5 Å². The van der Waals surface area contributed by atoms with Gasteiger partial charge in [-0.15, -0.1) is 11.3 Å². The van der Waals surface area contributed by atoms with Gasteiger partial charge in [-0.25, -0.2) is 4.98 Å². The average molecular weight is 376 g/mol. The third-order valence-corrected chi connectivity index (χ3v) is 5.90. The Morgan fingerprint density at radius 2 is 1.81 bits per heavy atom. The highest BCUT2D eigenvalue weighted by molar-refractivity contribution is 7.15. The standard InChI is InChI=1S/C23H25N3S/c1-16-4-8-20(9-5-16)22-21(26-12-13-27-23(26)25-22)15-24-11-10-19-7-6-17(2)18(3)14-19/h4-9,12-14,24H,10-11,15H2,1-3H3. The van der Waals surface area contributed by atoms with E-state index in [1.54, 1.807) is 11.3 Å². The summed E-state index contributed by atoms with van der Waals surface area (Å²) in [4.78, 5) is 5.92. The lowest BCUT2D eigenvalue weighted by Crippen LogP contribution is -2.18. The summed E-state index contributed by atoms with van der Waals surface area (Å²) in [6.45, 7) is 8.22. The Kier molecular flexibility index (Phi) is 5.10. The molecule has 4 heteroatoms. The Balaban J connectivity index is 1.49. The number of aryl methyl sites for hydroxylation is 3. The molecule has 27 heavy (non-hydrogen) atoms. The molecule has 0 aliphatic rings. The normalized spacial score (nSPS) is 11.4. The molecule has 0 unspecified atom stereocenters. The van der Waals surface area contributed by atoms with E-state index in [0.717, 1.165) is 30.2 Å².